The molecular formula is C23H25N5O. The summed E-state index contributed by atoms with van der Waals surface area (Å²) in [5, 5.41) is 8.36. The Morgan fingerprint density at radius 2 is 1.55 bits per heavy atom. The zero-order chi connectivity index (χ0) is 20.2. The number of benzene rings is 2. The maximum atomic E-state index is 12.9. The van der Waals surface area contributed by atoms with Crippen LogP contribution in [0.2, 0.25) is 0 Å². The highest BCUT2D eigenvalue weighted by molar-refractivity contribution is 5.95. The van der Waals surface area contributed by atoms with Gasteiger partial charge in [0.1, 0.15) is 0 Å². The highest BCUT2D eigenvalue weighted by Crippen LogP contribution is 2.21. The molecular weight excluding hydrogens is 362 g/mol. The van der Waals surface area contributed by atoms with Gasteiger partial charge in [0.05, 0.1) is 11.9 Å². The van der Waals surface area contributed by atoms with E-state index in [1.807, 2.05) is 72.4 Å². The van der Waals surface area contributed by atoms with Crippen molar-refractivity contribution in [3.05, 3.63) is 72.4 Å². The van der Waals surface area contributed by atoms with Crippen LogP contribution in [0, 0.1) is 0 Å². The summed E-state index contributed by atoms with van der Waals surface area (Å²) in [5.41, 5.74) is 4.02. The van der Waals surface area contributed by atoms with Gasteiger partial charge in [-0.2, -0.15) is 5.10 Å². The number of carbonyl (C=O) groups excluding carboxylic acids is 1. The minimum absolute atomic E-state index is 0.0809. The van der Waals surface area contributed by atoms with Gasteiger partial charge < -0.3 is 14.7 Å². The molecule has 29 heavy (non-hydrogen) atoms. The Balaban J connectivity index is 1.39. The second-order valence-corrected chi connectivity index (χ2v) is 7.39. The Kier molecular flexibility index (Phi) is 5.42. The molecule has 1 saturated heterocycles. The second kappa shape index (κ2) is 8.31. The molecule has 0 aliphatic carbocycles. The van der Waals surface area contributed by atoms with Crippen molar-refractivity contribution in [1.82, 2.24) is 15.1 Å². The van der Waals surface area contributed by atoms with Gasteiger partial charge in [-0.25, -0.2) is 0 Å². The third-order valence-electron chi connectivity index (χ3n) is 5.27. The molecule has 1 aromatic heterocycles. The van der Waals surface area contributed by atoms with Gasteiger partial charge in [-0.3, -0.25) is 4.79 Å². The standard InChI is InChI=1S/C23H25N5O/c1-26(2)21-16-22(25-24-17-21)27-12-14-28(15-13-27)23(29)20-10-8-19(9-11-20)18-6-4-3-5-7-18/h3-11,16-17H,12-15H2,1-2H3. The molecule has 6 nitrogen and oxygen atoms in total. The van der Waals surface area contributed by atoms with E-state index in [2.05, 4.69) is 27.2 Å². The van der Waals surface area contributed by atoms with Crippen LogP contribution in [0.4, 0.5) is 11.5 Å². The average molecular weight is 387 g/mol. The van der Waals surface area contributed by atoms with E-state index in [0.29, 0.717) is 13.1 Å². The highest BCUT2D eigenvalue weighted by atomic mass is 16.2. The molecule has 1 fully saturated rings. The molecule has 6 heteroatoms. The molecule has 2 aromatic carbocycles. The summed E-state index contributed by atoms with van der Waals surface area (Å²) in [6.45, 7) is 2.85. The summed E-state index contributed by atoms with van der Waals surface area (Å²) in [7, 11) is 3.97. The Morgan fingerprint density at radius 1 is 0.897 bits per heavy atom. The molecule has 0 atom stereocenters. The largest absolute Gasteiger partial charge is 0.376 e. The van der Waals surface area contributed by atoms with Crippen molar-refractivity contribution in [2.45, 2.75) is 0 Å². The number of carbonyl (C=O) groups is 1. The third-order valence-corrected chi connectivity index (χ3v) is 5.27. The van der Waals surface area contributed by atoms with Gasteiger partial charge in [-0.1, -0.05) is 42.5 Å². The van der Waals surface area contributed by atoms with Gasteiger partial charge in [-0.05, 0) is 23.3 Å². The average Bonchev–Trinajstić information content (AvgIpc) is 2.79. The van der Waals surface area contributed by atoms with Crippen molar-refractivity contribution in [1.29, 1.82) is 0 Å². The molecule has 0 radical (unpaired) electrons. The van der Waals surface area contributed by atoms with Crippen LogP contribution in [0.3, 0.4) is 0 Å². The lowest BCUT2D eigenvalue weighted by atomic mass is 10.0. The Bertz CT molecular complexity index is 964. The van der Waals surface area contributed by atoms with Gasteiger partial charge in [0, 0.05) is 51.9 Å². The predicted octanol–water partition coefficient (Wildman–Crippen LogP) is 3.17. The topological polar surface area (TPSA) is 52.6 Å². The molecule has 148 valence electrons. The molecule has 1 aliphatic heterocycles. The number of hydrogen-bond donors (Lipinski definition) is 0. The normalized spacial score (nSPS) is 14.0. The number of piperazine rings is 1. The van der Waals surface area contributed by atoms with E-state index in [-0.39, 0.29) is 5.91 Å². The monoisotopic (exact) mass is 387 g/mol. The molecule has 1 amide bonds. The lowest BCUT2D eigenvalue weighted by Gasteiger charge is -2.35. The van der Waals surface area contributed by atoms with Gasteiger partial charge in [-0.15, -0.1) is 5.10 Å². The first-order valence-electron chi connectivity index (χ1n) is 9.81. The zero-order valence-corrected chi connectivity index (χ0v) is 16.8. The van der Waals surface area contributed by atoms with E-state index in [1.165, 1.54) is 0 Å². The molecule has 1 aliphatic rings. The fraction of sp³-hybridized carbons (Fsp3) is 0.261. The first kappa shape index (κ1) is 18.9. The van der Waals surface area contributed by atoms with Gasteiger partial charge in [0.25, 0.3) is 5.91 Å². The van der Waals surface area contributed by atoms with Crippen molar-refractivity contribution < 1.29 is 4.79 Å². The molecule has 0 spiro atoms. The quantitative estimate of drug-likeness (QED) is 0.688. The fourth-order valence-electron chi connectivity index (χ4n) is 3.50. The van der Waals surface area contributed by atoms with Gasteiger partial charge in [0.2, 0.25) is 0 Å². The first-order chi connectivity index (χ1) is 14.1. The van der Waals surface area contributed by atoms with E-state index >= 15 is 0 Å². The van der Waals surface area contributed by atoms with Crippen LogP contribution >= 0.6 is 0 Å². The molecule has 2 heterocycles. The Labute approximate surface area is 171 Å². The zero-order valence-electron chi connectivity index (χ0n) is 16.8. The summed E-state index contributed by atoms with van der Waals surface area (Å²) in [6, 6.07) is 20.1. The van der Waals surface area contributed by atoms with Crippen LogP contribution in [0.15, 0.2) is 66.9 Å². The summed E-state index contributed by atoms with van der Waals surface area (Å²) in [5.74, 6) is 0.938. The predicted molar refractivity (Wildman–Crippen MR) is 116 cm³/mol. The molecule has 0 saturated carbocycles. The van der Waals surface area contributed by atoms with Crippen LogP contribution < -0.4 is 9.80 Å². The van der Waals surface area contributed by atoms with E-state index in [9.17, 15) is 4.79 Å². The number of anilines is 2. The SMILES string of the molecule is CN(C)c1cnnc(N2CCN(C(=O)c3ccc(-c4ccccc4)cc3)CC2)c1. The Hall–Kier alpha value is -3.41. The van der Waals surface area contributed by atoms with Crippen molar-refractivity contribution >= 4 is 17.4 Å². The van der Waals surface area contributed by atoms with Crippen molar-refractivity contribution in [3.8, 4) is 11.1 Å². The maximum absolute atomic E-state index is 12.9. The maximum Gasteiger partial charge on any atom is 0.253 e. The van der Waals surface area contributed by atoms with Crippen molar-refractivity contribution in [2.24, 2.45) is 0 Å². The lowest BCUT2D eigenvalue weighted by Crippen LogP contribution is -2.49. The highest BCUT2D eigenvalue weighted by Gasteiger charge is 2.23. The molecule has 0 bridgehead atoms. The molecule has 4 rings (SSSR count). The minimum Gasteiger partial charge on any atom is -0.376 e. The number of aromatic nitrogens is 2. The van der Waals surface area contributed by atoms with Crippen molar-refractivity contribution in [3.63, 3.8) is 0 Å². The van der Waals surface area contributed by atoms with Crippen molar-refractivity contribution in [2.75, 3.05) is 50.1 Å². The van der Waals surface area contributed by atoms with Gasteiger partial charge in [0.15, 0.2) is 5.82 Å². The smallest absolute Gasteiger partial charge is 0.253 e. The molecule has 3 aromatic rings. The van der Waals surface area contributed by atoms with E-state index in [4.69, 9.17) is 0 Å². The minimum atomic E-state index is 0.0809. The molecule has 0 N–H and O–H groups in total. The van der Waals surface area contributed by atoms with Crippen LogP contribution in [0.1, 0.15) is 10.4 Å². The lowest BCUT2D eigenvalue weighted by molar-refractivity contribution is 0.0746. The van der Waals surface area contributed by atoms with Gasteiger partial charge >= 0.3 is 0 Å². The summed E-state index contributed by atoms with van der Waals surface area (Å²) < 4.78 is 0. The number of nitrogens with zero attached hydrogens (tertiary/aromatic N) is 5. The van der Waals surface area contributed by atoms with Crippen LogP contribution in [-0.2, 0) is 0 Å². The van der Waals surface area contributed by atoms with E-state index < -0.39 is 0 Å². The summed E-state index contributed by atoms with van der Waals surface area (Å²) in [4.78, 5) is 19.0. The third kappa shape index (κ3) is 4.21. The van der Waals surface area contributed by atoms with E-state index in [1.54, 1.807) is 6.20 Å². The van der Waals surface area contributed by atoms with Crippen LogP contribution in [-0.4, -0.2) is 61.3 Å². The number of rotatable bonds is 4. The Morgan fingerprint density at radius 3 is 2.21 bits per heavy atom. The van der Waals surface area contributed by atoms with E-state index in [0.717, 1.165) is 41.3 Å². The fourth-order valence-corrected chi connectivity index (χ4v) is 3.50. The van der Waals surface area contributed by atoms with Crippen LogP contribution in [0.25, 0.3) is 11.1 Å². The molecule has 0 unspecified atom stereocenters. The second-order valence-electron chi connectivity index (χ2n) is 7.39. The summed E-state index contributed by atoms with van der Waals surface area (Å²) >= 11 is 0. The summed E-state index contributed by atoms with van der Waals surface area (Å²) in [6.07, 6.45) is 1.75. The number of hydrogen-bond acceptors (Lipinski definition) is 5. The first-order valence-corrected chi connectivity index (χ1v) is 9.81. The van der Waals surface area contributed by atoms with Crippen LogP contribution in [0.5, 0.6) is 0 Å². The number of amides is 1.